The van der Waals surface area contributed by atoms with Gasteiger partial charge in [0.25, 0.3) is 0 Å². The summed E-state index contributed by atoms with van der Waals surface area (Å²) >= 11 is 5.75. The van der Waals surface area contributed by atoms with Crippen LogP contribution in [0.2, 0.25) is 5.15 Å². The Morgan fingerprint density at radius 2 is 1.63 bits per heavy atom. The molecule has 3 N–H and O–H groups in total. The van der Waals surface area contributed by atoms with E-state index in [1.165, 1.54) is 0 Å². The Morgan fingerprint density at radius 1 is 1.07 bits per heavy atom. The number of nitrogens with zero attached hydrogens (tertiary/aromatic N) is 3. The molecule has 0 aliphatic carbocycles. The van der Waals surface area contributed by atoms with Crippen LogP contribution in [-0.4, -0.2) is 32.5 Å². The van der Waals surface area contributed by atoms with Crippen LogP contribution in [0, 0.1) is 0 Å². The lowest BCUT2D eigenvalue weighted by Gasteiger charge is -2.17. The summed E-state index contributed by atoms with van der Waals surface area (Å²) in [4.78, 5) is 36.9. The molecule has 0 amide bonds. The second kappa shape index (κ2) is 7.82. The van der Waals surface area contributed by atoms with Gasteiger partial charge in [-0.15, -0.1) is 0 Å². The minimum atomic E-state index is -4.51. The van der Waals surface area contributed by atoms with Gasteiger partial charge < -0.3 is 15.5 Å². The Hall–Kier alpha value is -3.48. The number of rotatable bonds is 5. The molecule has 1 aromatic heterocycles. The van der Waals surface area contributed by atoms with E-state index in [0.717, 1.165) is 30.3 Å². The van der Waals surface area contributed by atoms with Crippen molar-refractivity contribution in [2.45, 2.75) is 6.18 Å². The molecule has 2 aromatic rings. The number of carbonyl (C=O) groups is 2. The molecule has 0 saturated heterocycles. The molecule has 0 aliphatic heterocycles. The predicted octanol–water partition coefficient (Wildman–Crippen LogP) is 3.92. The summed E-state index contributed by atoms with van der Waals surface area (Å²) in [6.07, 6.45) is -8.34. The van der Waals surface area contributed by atoms with Crippen molar-refractivity contribution in [2.24, 2.45) is 0 Å². The van der Waals surface area contributed by atoms with E-state index in [0.29, 0.717) is 0 Å². The van der Waals surface area contributed by atoms with Crippen LogP contribution in [0.1, 0.15) is 5.56 Å². The van der Waals surface area contributed by atoms with Gasteiger partial charge in [0.2, 0.25) is 11.8 Å². The molecule has 10 nitrogen and oxygen atoms in total. The van der Waals surface area contributed by atoms with Crippen molar-refractivity contribution in [3.8, 4) is 0 Å². The van der Waals surface area contributed by atoms with Crippen LogP contribution < -0.4 is 10.5 Å². The number of hydrogen-bond acceptors (Lipinski definition) is 8. The molecule has 0 unspecified atom stereocenters. The van der Waals surface area contributed by atoms with Crippen LogP contribution >= 0.6 is 11.6 Å². The van der Waals surface area contributed by atoms with Gasteiger partial charge in [-0.3, -0.25) is 9.68 Å². The summed E-state index contributed by atoms with van der Waals surface area (Å²) in [6, 6.07) is 4.71. The highest BCUT2D eigenvalue weighted by atomic mass is 35.5. The number of nitrogens with one attached hydrogen (secondary N) is 1. The summed E-state index contributed by atoms with van der Waals surface area (Å²) < 4.78 is 37.7. The minimum Gasteiger partial charge on any atom is -0.448 e. The smallest absolute Gasteiger partial charge is 0.448 e. The van der Waals surface area contributed by atoms with E-state index in [-0.39, 0.29) is 22.0 Å². The number of alkyl halides is 3. The molecule has 1 aromatic carbocycles. The van der Waals surface area contributed by atoms with Crippen LogP contribution in [0.15, 0.2) is 30.3 Å². The lowest BCUT2D eigenvalue weighted by Crippen LogP contribution is -2.30. The van der Waals surface area contributed by atoms with Crippen molar-refractivity contribution in [2.75, 3.05) is 10.5 Å². The molecule has 2 rings (SSSR count). The van der Waals surface area contributed by atoms with E-state index in [2.05, 4.69) is 25.0 Å². The van der Waals surface area contributed by atoms with Gasteiger partial charge in [-0.05, 0) is 29.5 Å². The number of aromatic nitrogens is 2. The highest BCUT2D eigenvalue weighted by Gasteiger charge is 2.30. The molecule has 0 spiro atoms. The molecule has 0 atom stereocenters. The third kappa shape index (κ3) is 5.78. The van der Waals surface area contributed by atoms with Crippen LogP contribution in [0.5, 0.6) is 0 Å². The maximum absolute atomic E-state index is 12.6. The molecule has 0 aliphatic rings. The summed E-state index contributed by atoms with van der Waals surface area (Å²) in [5.41, 5.74) is -0.738. The van der Waals surface area contributed by atoms with Gasteiger partial charge in [-0.25, -0.2) is 14.6 Å². The monoisotopic (exact) mass is 408 g/mol. The first kappa shape index (κ1) is 19.8. The first-order valence-corrected chi connectivity index (χ1v) is 7.03. The predicted molar refractivity (Wildman–Crippen MR) is 82.5 cm³/mol. The van der Waals surface area contributed by atoms with Crippen LogP contribution in [0.25, 0.3) is 0 Å². The van der Waals surface area contributed by atoms with E-state index >= 15 is 0 Å². The Bertz CT molecular complexity index is 833. The average molecular weight is 409 g/mol. The van der Waals surface area contributed by atoms with Crippen molar-refractivity contribution in [1.82, 2.24) is 9.97 Å². The fourth-order valence-electron chi connectivity index (χ4n) is 1.68. The SMILES string of the molecule is O=C(O)ON(OC(=O)O)c1cc(Cl)nc(Nc2ccc(C(F)(F)F)cc2)n1. The Labute approximate surface area is 152 Å². The van der Waals surface area contributed by atoms with Crippen LogP contribution in [0.3, 0.4) is 0 Å². The van der Waals surface area contributed by atoms with Gasteiger partial charge in [-0.1, -0.05) is 11.6 Å². The number of halogens is 4. The summed E-state index contributed by atoms with van der Waals surface area (Å²) in [5, 5.41) is 19.4. The fraction of sp³-hybridized carbons (Fsp3) is 0.0769. The molecule has 0 saturated carbocycles. The van der Waals surface area contributed by atoms with Crippen LogP contribution in [-0.2, 0) is 15.9 Å². The van der Waals surface area contributed by atoms with Crippen molar-refractivity contribution >= 4 is 41.4 Å². The van der Waals surface area contributed by atoms with Gasteiger partial charge in [0.1, 0.15) is 5.15 Å². The first-order chi connectivity index (χ1) is 12.5. The minimum absolute atomic E-state index is 0.0594. The molecule has 0 fully saturated rings. The topological polar surface area (TPSA) is 134 Å². The Kier molecular flexibility index (Phi) is 5.75. The van der Waals surface area contributed by atoms with Gasteiger partial charge in [0.05, 0.1) is 5.56 Å². The largest absolute Gasteiger partial charge is 0.533 e. The third-order valence-corrected chi connectivity index (χ3v) is 2.85. The summed E-state index contributed by atoms with van der Waals surface area (Å²) in [7, 11) is 0. The number of anilines is 3. The van der Waals surface area contributed by atoms with E-state index in [1.807, 2.05) is 0 Å². The zero-order valence-corrected chi connectivity index (χ0v) is 13.5. The van der Waals surface area contributed by atoms with Gasteiger partial charge in [0, 0.05) is 11.8 Å². The average Bonchev–Trinajstić information content (AvgIpc) is 2.52. The number of carboxylic acid groups (broad SMARTS) is 2. The van der Waals surface area contributed by atoms with E-state index in [4.69, 9.17) is 21.8 Å². The second-order valence-electron chi connectivity index (χ2n) is 4.54. The van der Waals surface area contributed by atoms with Crippen LogP contribution in [0.4, 0.5) is 40.2 Å². The maximum atomic E-state index is 12.6. The quantitative estimate of drug-likeness (QED) is 0.493. The standard InChI is InChI=1S/C13H8ClF3N4O6/c14-8-5-9(21(26-11(22)23)27-12(24)25)20-10(19-8)18-7-3-1-6(2-4-7)13(15,16)17/h1-5H,(H,22,23)(H,24,25)(H,18,19,20). The van der Waals surface area contributed by atoms with Crippen molar-refractivity contribution in [3.63, 3.8) is 0 Å². The highest BCUT2D eigenvalue weighted by molar-refractivity contribution is 6.29. The van der Waals surface area contributed by atoms with Gasteiger partial charge in [0.15, 0.2) is 0 Å². The van der Waals surface area contributed by atoms with Crippen molar-refractivity contribution in [1.29, 1.82) is 0 Å². The number of hydrogen-bond donors (Lipinski definition) is 3. The Balaban J connectivity index is 2.27. The highest BCUT2D eigenvalue weighted by Crippen LogP contribution is 2.30. The molecular weight excluding hydrogens is 401 g/mol. The molecule has 144 valence electrons. The summed E-state index contributed by atoms with van der Waals surface area (Å²) in [5.74, 6) is -0.820. The zero-order chi connectivity index (χ0) is 20.2. The normalized spacial score (nSPS) is 10.8. The summed E-state index contributed by atoms with van der Waals surface area (Å²) in [6.45, 7) is 0. The van der Waals surface area contributed by atoms with E-state index in [9.17, 15) is 22.8 Å². The van der Waals surface area contributed by atoms with E-state index in [1.54, 1.807) is 0 Å². The number of benzene rings is 1. The molecule has 27 heavy (non-hydrogen) atoms. The lowest BCUT2D eigenvalue weighted by atomic mass is 10.2. The van der Waals surface area contributed by atoms with Crippen molar-refractivity contribution in [3.05, 3.63) is 41.0 Å². The third-order valence-electron chi connectivity index (χ3n) is 2.66. The Morgan fingerprint density at radius 3 is 2.11 bits per heavy atom. The molecular formula is C13H8ClF3N4O6. The molecule has 0 bridgehead atoms. The fourth-order valence-corrected chi connectivity index (χ4v) is 1.86. The van der Waals surface area contributed by atoms with Gasteiger partial charge in [-0.2, -0.15) is 18.2 Å². The first-order valence-electron chi connectivity index (χ1n) is 6.65. The lowest BCUT2D eigenvalue weighted by molar-refractivity contribution is -0.137. The molecule has 14 heteroatoms. The zero-order valence-electron chi connectivity index (χ0n) is 12.8. The molecule has 1 heterocycles. The maximum Gasteiger partial charge on any atom is 0.533 e. The van der Waals surface area contributed by atoms with E-state index < -0.39 is 29.9 Å². The second-order valence-corrected chi connectivity index (χ2v) is 4.93. The van der Waals surface area contributed by atoms with Gasteiger partial charge >= 0.3 is 18.5 Å². The van der Waals surface area contributed by atoms with Crippen molar-refractivity contribution < 1.29 is 42.6 Å². The molecule has 0 radical (unpaired) electrons.